The molecule has 0 fully saturated rings. The summed E-state index contributed by atoms with van der Waals surface area (Å²) in [6.45, 7) is 7.02. The number of benzene rings is 1. The second-order valence-electron chi connectivity index (χ2n) is 5.52. The molecule has 1 aromatic rings. The second kappa shape index (κ2) is 6.77. The fourth-order valence-corrected chi connectivity index (χ4v) is 2.43. The van der Waals surface area contributed by atoms with Crippen molar-refractivity contribution in [1.29, 1.82) is 0 Å². The number of methoxy groups -OCH3 is 1. The monoisotopic (exact) mass is 248 g/mol. The van der Waals surface area contributed by atoms with Crippen LogP contribution in [0.3, 0.4) is 0 Å². The minimum absolute atomic E-state index is 0.252. The third-order valence-electron chi connectivity index (χ3n) is 2.67. The van der Waals surface area contributed by atoms with E-state index in [1.54, 1.807) is 7.11 Å². The average Bonchev–Trinajstić information content (AvgIpc) is 2.29. The predicted octanol–water partition coefficient (Wildman–Crippen LogP) is 4.07. The zero-order valence-corrected chi connectivity index (χ0v) is 12.4. The molecule has 0 aliphatic carbocycles. The number of hydrogen-bond donors (Lipinski definition) is 0. The summed E-state index contributed by atoms with van der Waals surface area (Å²) >= 11 is 0. The fraction of sp³-hybridized carbons (Fsp3) is 0.467. The summed E-state index contributed by atoms with van der Waals surface area (Å²) in [5.74, 6) is 0. The minimum atomic E-state index is -1.11. The molecule has 0 radical (unpaired) electrons. The highest BCUT2D eigenvalue weighted by Crippen LogP contribution is 2.10. The Labute approximate surface area is 107 Å². The fourth-order valence-electron chi connectivity index (χ4n) is 1.64. The van der Waals surface area contributed by atoms with Crippen LogP contribution in [0.15, 0.2) is 42.1 Å². The SMILES string of the molecule is COC(/C=C/[Si](C)(C)C)CCc1ccccc1. The second-order valence-corrected chi connectivity index (χ2v) is 10.6. The normalized spacial score (nSPS) is 14.1. The van der Waals surface area contributed by atoms with E-state index in [1.807, 2.05) is 0 Å². The lowest BCUT2D eigenvalue weighted by Crippen LogP contribution is -2.18. The Kier molecular flexibility index (Phi) is 5.66. The highest BCUT2D eigenvalue weighted by molar-refractivity contribution is 6.80. The van der Waals surface area contributed by atoms with Crippen molar-refractivity contribution in [1.82, 2.24) is 0 Å². The molecule has 1 aromatic carbocycles. The molecule has 0 saturated heterocycles. The Morgan fingerprint density at radius 2 is 1.82 bits per heavy atom. The smallest absolute Gasteiger partial charge is 0.0751 e. The lowest BCUT2D eigenvalue weighted by molar-refractivity contribution is 0.134. The van der Waals surface area contributed by atoms with Crippen LogP contribution < -0.4 is 0 Å². The van der Waals surface area contributed by atoms with E-state index in [0.29, 0.717) is 0 Å². The van der Waals surface area contributed by atoms with Gasteiger partial charge in [0.2, 0.25) is 0 Å². The topological polar surface area (TPSA) is 9.23 Å². The zero-order valence-electron chi connectivity index (χ0n) is 11.4. The van der Waals surface area contributed by atoms with Gasteiger partial charge in [0.05, 0.1) is 14.2 Å². The van der Waals surface area contributed by atoms with Gasteiger partial charge in [0.1, 0.15) is 0 Å². The van der Waals surface area contributed by atoms with Crippen LogP contribution in [0.5, 0.6) is 0 Å². The maximum atomic E-state index is 5.50. The van der Waals surface area contributed by atoms with Crippen LogP contribution in [-0.4, -0.2) is 21.3 Å². The Morgan fingerprint density at radius 3 is 2.35 bits per heavy atom. The van der Waals surface area contributed by atoms with Gasteiger partial charge in [0.15, 0.2) is 0 Å². The van der Waals surface area contributed by atoms with Crippen molar-refractivity contribution in [3.63, 3.8) is 0 Å². The maximum Gasteiger partial charge on any atom is 0.0751 e. The lowest BCUT2D eigenvalue weighted by Gasteiger charge is -2.14. The van der Waals surface area contributed by atoms with Gasteiger partial charge >= 0.3 is 0 Å². The molecule has 1 rings (SSSR count). The van der Waals surface area contributed by atoms with Gasteiger partial charge in [-0.15, -0.1) is 0 Å². The molecule has 1 atom stereocenters. The van der Waals surface area contributed by atoms with Gasteiger partial charge in [-0.25, -0.2) is 0 Å². The van der Waals surface area contributed by atoms with E-state index in [-0.39, 0.29) is 6.10 Å². The van der Waals surface area contributed by atoms with Gasteiger partial charge in [-0.3, -0.25) is 0 Å². The molecule has 0 saturated carbocycles. The molecule has 1 nitrogen and oxygen atoms in total. The van der Waals surface area contributed by atoms with Gasteiger partial charge in [-0.2, -0.15) is 0 Å². The van der Waals surface area contributed by atoms with Crippen molar-refractivity contribution >= 4 is 8.07 Å². The Balaban J connectivity index is 2.46. The molecule has 1 unspecified atom stereocenters. The third kappa shape index (κ3) is 6.44. The van der Waals surface area contributed by atoms with E-state index < -0.39 is 8.07 Å². The first-order valence-corrected chi connectivity index (χ1v) is 9.85. The molecule has 17 heavy (non-hydrogen) atoms. The Bertz CT molecular complexity index is 338. The van der Waals surface area contributed by atoms with E-state index >= 15 is 0 Å². The zero-order chi connectivity index (χ0) is 12.7. The van der Waals surface area contributed by atoms with Crippen molar-refractivity contribution in [2.24, 2.45) is 0 Å². The van der Waals surface area contributed by atoms with Gasteiger partial charge in [-0.05, 0) is 18.4 Å². The summed E-state index contributed by atoms with van der Waals surface area (Å²) in [7, 11) is 0.691. The van der Waals surface area contributed by atoms with E-state index in [2.05, 4.69) is 61.7 Å². The number of ether oxygens (including phenoxy) is 1. The minimum Gasteiger partial charge on any atom is -0.377 e. The van der Waals surface area contributed by atoms with Crippen LogP contribution in [0.4, 0.5) is 0 Å². The van der Waals surface area contributed by atoms with Gasteiger partial charge in [-0.1, -0.05) is 61.7 Å². The first-order chi connectivity index (χ1) is 8.01. The van der Waals surface area contributed by atoms with Crippen molar-refractivity contribution in [3.8, 4) is 0 Å². The molecule has 0 amide bonds. The largest absolute Gasteiger partial charge is 0.377 e. The van der Waals surface area contributed by atoms with Crippen LogP contribution in [-0.2, 0) is 11.2 Å². The summed E-state index contributed by atoms with van der Waals surface area (Å²) in [4.78, 5) is 0. The molecule has 94 valence electrons. The van der Waals surface area contributed by atoms with Crippen molar-refractivity contribution in [3.05, 3.63) is 47.7 Å². The Hall–Kier alpha value is -0.863. The van der Waals surface area contributed by atoms with Crippen LogP contribution in [0.1, 0.15) is 12.0 Å². The Morgan fingerprint density at radius 1 is 1.18 bits per heavy atom. The van der Waals surface area contributed by atoms with Gasteiger partial charge < -0.3 is 4.74 Å². The van der Waals surface area contributed by atoms with Crippen LogP contribution >= 0.6 is 0 Å². The van der Waals surface area contributed by atoms with Crippen molar-refractivity contribution in [2.45, 2.75) is 38.6 Å². The number of hydrogen-bond acceptors (Lipinski definition) is 1. The average molecular weight is 248 g/mol. The highest BCUT2D eigenvalue weighted by atomic mass is 28.3. The molecular formula is C15H24OSi. The van der Waals surface area contributed by atoms with E-state index in [0.717, 1.165) is 12.8 Å². The first kappa shape index (κ1) is 14.2. The number of rotatable bonds is 6. The molecule has 0 bridgehead atoms. The molecule has 0 spiro atoms. The molecule has 0 aromatic heterocycles. The van der Waals surface area contributed by atoms with Gasteiger partial charge in [0, 0.05) is 7.11 Å². The van der Waals surface area contributed by atoms with Crippen LogP contribution in [0.25, 0.3) is 0 Å². The molecule has 0 N–H and O–H groups in total. The lowest BCUT2D eigenvalue weighted by atomic mass is 10.1. The summed E-state index contributed by atoms with van der Waals surface area (Å²) < 4.78 is 5.50. The number of aryl methyl sites for hydroxylation is 1. The van der Waals surface area contributed by atoms with Crippen LogP contribution in [0.2, 0.25) is 19.6 Å². The molecule has 0 heterocycles. The van der Waals surface area contributed by atoms with E-state index in [9.17, 15) is 0 Å². The molecule has 0 aliphatic heterocycles. The molecule has 2 heteroatoms. The summed E-state index contributed by atoms with van der Waals surface area (Å²) in [6.07, 6.45) is 4.63. The maximum absolute atomic E-state index is 5.50. The summed E-state index contributed by atoms with van der Waals surface area (Å²) in [5, 5.41) is 0. The molecule has 0 aliphatic rings. The van der Waals surface area contributed by atoms with Crippen LogP contribution in [0, 0.1) is 0 Å². The summed E-state index contributed by atoms with van der Waals surface area (Å²) in [6, 6.07) is 10.6. The third-order valence-corrected chi connectivity index (χ3v) is 3.87. The standard InChI is InChI=1S/C15H24OSi/c1-16-15(12-13-17(2,3)4)11-10-14-8-6-5-7-9-14/h5-9,12-13,15H,10-11H2,1-4H3/b13-12+. The van der Waals surface area contributed by atoms with E-state index in [4.69, 9.17) is 4.74 Å². The highest BCUT2D eigenvalue weighted by Gasteiger charge is 2.09. The predicted molar refractivity (Wildman–Crippen MR) is 78.0 cm³/mol. The van der Waals surface area contributed by atoms with E-state index in [1.165, 1.54) is 5.56 Å². The summed E-state index contributed by atoms with van der Waals surface area (Å²) in [5.41, 5.74) is 3.75. The van der Waals surface area contributed by atoms with Crippen molar-refractivity contribution in [2.75, 3.05) is 7.11 Å². The first-order valence-electron chi connectivity index (χ1n) is 6.27. The van der Waals surface area contributed by atoms with Gasteiger partial charge in [0.25, 0.3) is 0 Å². The van der Waals surface area contributed by atoms with Crippen molar-refractivity contribution < 1.29 is 4.74 Å². The quantitative estimate of drug-likeness (QED) is 0.690. The molecular weight excluding hydrogens is 224 g/mol.